The molecule has 0 spiro atoms. The first-order chi connectivity index (χ1) is 13.3. The van der Waals surface area contributed by atoms with Gasteiger partial charge in [0.2, 0.25) is 0 Å². The van der Waals surface area contributed by atoms with Gasteiger partial charge in [-0.1, -0.05) is 17.7 Å². The molecule has 0 bridgehead atoms. The van der Waals surface area contributed by atoms with Crippen LogP contribution in [0.25, 0.3) is 0 Å². The van der Waals surface area contributed by atoms with E-state index in [4.69, 9.17) is 9.47 Å². The summed E-state index contributed by atoms with van der Waals surface area (Å²) >= 11 is 0. The van der Waals surface area contributed by atoms with Crippen LogP contribution in [-0.2, 0) is 10.0 Å². The molecule has 0 fully saturated rings. The topological polar surface area (TPSA) is 96.6 Å². The van der Waals surface area contributed by atoms with Gasteiger partial charge in [-0.25, -0.2) is 17.8 Å². The van der Waals surface area contributed by atoms with E-state index < -0.39 is 28.2 Å². The number of hydrogen-bond donors (Lipinski definition) is 0. The number of carbonyl (C=O) groups is 1. The number of imidazole rings is 1. The lowest BCUT2D eigenvalue weighted by Gasteiger charge is -2.07. The molecule has 1 heterocycles. The molecule has 1 aromatic heterocycles. The number of ether oxygens (including phenoxy) is 2. The van der Waals surface area contributed by atoms with E-state index in [-0.39, 0.29) is 4.90 Å². The molecule has 146 valence electrons. The highest BCUT2D eigenvalue weighted by Gasteiger charge is 2.22. The van der Waals surface area contributed by atoms with Crippen LogP contribution in [0.15, 0.2) is 70.6 Å². The van der Waals surface area contributed by atoms with E-state index in [0.29, 0.717) is 20.0 Å². The minimum absolute atomic E-state index is 0.0418. The van der Waals surface area contributed by atoms with E-state index in [2.05, 4.69) is 0 Å². The van der Waals surface area contributed by atoms with Crippen molar-refractivity contribution in [1.29, 1.82) is 0 Å². The maximum atomic E-state index is 12.6. The molecule has 3 aromatic rings. The fourth-order valence-electron chi connectivity index (χ4n) is 2.44. The predicted octanol–water partition coefficient (Wildman–Crippen LogP) is 1.92. The number of hydrogen-bond acceptors (Lipinski definition) is 6. The van der Waals surface area contributed by atoms with Crippen molar-refractivity contribution in [3.05, 3.63) is 77.0 Å². The van der Waals surface area contributed by atoms with Crippen LogP contribution in [0.2, 0.25) is 0 Å². The smallest absolute Gasteiger partial charge is 0.349 e. The highest BCUT2D eigenvalue weighted by atomic mass is 32.2. The van der Waals surface area contributed by atoms with E-state index in [0.717, 1.165) is 18.0 Å². The standard InChI is InChI=1S/C19H18N2O6S/c1-14-3-9-17(10-4-14)28(24,25)21-12-11-20(19(21)23)18(22)13-27-16-7-5-15(26-2)6-8-16/h3-12H,13H2,1-2H3. The van der Waals surface area contributed by atoms with Gasteiger partial charge in [-0.05, 0) is 43.3 Å². The quantitative estimate of drug-likeness (QED) is 0.625. The van der Waals surface area contributed by atoms with Crippen molar-refractivity contribution in [2.45, 2.75) is 11.8 Å². The SMILES string of the molecule is COc1ccc(OCC(=O)n2ccn(S(=O)(=O)c3ccc(C)cc3)c2=O)cc1. The van der Waals surface area contributed by atoms with Crippen LogP contribution in [-0.4, -0.2) is 36.6 Å². The van der Waals surface area contributed by atoms with Crippen molar-refractivity contribution in [3.8, 4) is 11.5 Å². The van der Waals surface area contributed by atoms with Crippen molar-refractivity contribution in [2.24, 2.45) is 0 Å². The molecule has 0 atom stereocenters. The molecule has 8 nitrogen and oxygen atoms in total. The fourth-order valence-corrected chi connectivity index (χ4v) is 3.66. The minimum atomic E-state index is -4.10. The van der Waals surface area contributed by atoms with Gasteiger partial charge >= 0.3 is 5.69 Å². The average Bonchev–Trinajstić information content (AvgIpc) is 3.09. The van der Waals surface area contributed by atoms with Crippen LogP contribution in [0.5, 0.6) is 11.5 Å². The maximum Gasteiger partial charge on any atom is 0.349 e. The molecular weight excluding hydrogens is 384 g/mol. The van der Waals surface area contributed by atoms with E-state index in [1.165, 1.54) is 19.2 Å². The molecule has 0 saturated carbocycles. The van der Waals surface area contributed by atoms with Gasteiger partial charge in [0.1, 0.15) is 11.5 Å². The Morgan fingerprint density at radius 1 is 0.964 bits per heavy atom. The lowest BCUT2D eigenvalue weighted by Crippen LogP contribution is -2.34. The molecular formula is C19H18N2O6S. The van der Waals surface area contributed by atoms with Gasteiger partial charge in [-0.15, -0.1) is 0 Å². The Balaban J connectivity index is 1.79. The zero-order valence-electron chi connectivity index (χ0n) is 15.2. The number of nitrogens with zero attached hydrogens (tertiary/aromatic N) is 2. The Labute approximate surface area is 161 Å². The molecule has 0 unspecified atom stereocenters. The third-order valence-corrected chi connectivity index (χ3v) is 5.68. The molecule has 9 heteroatoms. The highest BCUT2D eigenvalue weighted by Crippen LogP contribution is 2.17. The highest BCUT2D eigenvalue weighted by molar-refractivity contribution is 7.90. The molecule has 3 rings (SSSR count). The van der Waals surface area contributed by atoms with Crippen LogP contribution >= 0.6 is 0 Å². The summed E-state index contributed by atoms with van der Waals surface area (Å²) < 4.78 is 36.9. The zero-order valence-corrected chi connectivity index (χ0v) is 16.0. The summed E-state index contributed by atoms with van der Waals surface area (Å²) in [4.78, 5) is 24.7. The van der Waals surface area contributed by atoms with Crippen molar-refractivity contribution in [3.63, 3.8) is 0 Å². The monoisotopic (exact) mass is 402 g/mol. The summed E-state index contributed by atoms with van der Waals surface area (Å²) in [6, 6.07) is 12.6. The second-order valence-corrected chi connectivity index (χ2v) is 7.74. The summed E-state index contributed by atoms with van der Waals surface area (Å²) in [5.74, 6) is 0.348. The lowest BCUT2D eigenvalue weighted by atomic mass is 10.2. The molecule has 0 aliphatic carbocycles. The first-order valence-electron chi connectivity index (χ1n) is 8.25. The van der Waals surface area contributed by atoms with Crippen molar-refractivity contribution in [1.82, 2.24) is 8.54 Å². The van der Waals surface area contributed by atoms with Crippen molar-refractivity contribution in [2.75, 3.05) is 13.7 Å². The summed E-state index contributed by atoms with van der Waals surface area (Å²) in [6.45, 7) is 1.39. The first-order valence-corrected chi connectivity index (χ1v) is 9.69. The van der Waals surface area contributed by atoms with Crippen LogP contribution in [0, 0.1) is 6.92 Å². The molecule has 0 amide bonds. The van der Waals surface area contributed by atoms with Gasteiger partial charge in [-0.3, -0.25) is 4.79 Å². The average molecular weight is 402 g/mol. The molecule has 0 N–H and O–H groups in total. The second-order valence-electron chi connectivity index (χ2n) is 5.92. The largest absolute Gasteiger partial charge is 0.497 e. The normalized spacial score (nSPS) is 11.2. The number of benzene rings is 2. The van der Waals surface area contributed by atoms with Crippen molar-refractivity contribution < 1.29 is 22.7 Å². The predicted molar refractivity (Wildman–Crippen MR) is 102 cm³/mol. The summed E-state index contributed by atoms with van der Waals surface area (Å²) in [5.41, 5.74) is -0.0985. The molecule has 2 aromatic carbocycles. The minimum Gasteiger partial charge on any atom is -0.497 e. The first kappa shape index (κ1) is 19.4. The fraction of sp³-hybridized carbons (Fsp3) is 0.158. The number of aryl methyl sites for hydroxylation is 1. The van der Waals surface area contributed by atoms with Gasteiger partial charge < -0.3 is 9.47 Å². The Kier molecular flexibility index (Phi) is 5.36. The number of methoxy groups -OCH3 is 1. The molecule has 28 heavy (non-hydrogen) atoms. The van der Waals surface area contributed by atoms with Crippen LogP contribution < -0.4 is 15.2 Å². The lowest BCUT2D eigenvalue weighted by molar-refractivity contribution is 0.0833. The number of aromatic nitrogens is 2. The third-order valence-electron chi connectivity index (χ3n) is 4.01. The summed E-state index contributed by atoms with van der Waals surface area (Å²) in [6.07, 6.45) is 2.15. The van der Waals surface area contributed by atoms with Gasteiger partial charge in [0.15, 0.2) is 6.61 Å². The van der Waals surface area contributed by atoms with E-state index in [9.17, 15) is 18.0 Å². The van der Waals surface area contributed by atoms with Crippen molar-refractivity contribution >= 4 is 15.9 Å². The van der Waals surface area contributed by atoms with E-state index in [1.54, 1.807) is 36.4 Å². The van der Waals surface area contributed by atoms with Gasteiger partial charge in [0.05, 0.1) is 12.0 Å². The molecule has 0 aliphatic heterocycles. The van der Waals surface area contributed by atoms with Gasteiger partial charge in [-0.2, -0.15) is 3.97 Å². The Bertz CT molecular complexity index is 1140. The van der Waals surface area contributed by atoms with Crippen LogP contribution in [0.3, 0.4) is 0 Å². The number of rotatable bonds is 6. The van der Waals surface area contributed by atoms with Gasteiger partial charge in [0.25, 0.3) is 15.9 Å². The molecule has 0 radical (unpaired) electrons. The Hall–Kier alpha value is -3.33. The van der Waals surface area contributed by atoms with E-state index in [1.807, 2.05) is 6.92 Å². The molecule has 0 saturated heterocycles. The third kappa shape index (κ3) is 3.84. The molecule has 0 aliphatic rings. The van der Waals surface area contributed by atoms with Gasteiger partial charge in [0, 0.05) is 12.4 Å². The van der Waals surface area contributed by atoms with Crippen LogP contribution in [0.4, 0.5) is 0 Å². The maximum absolute atomic E-state index is 12.6. The number of carbonyl (C=O) groups excluding carboxylic acids is 1. The Morgan fingerprint density at radius 2 is 1.57 bits per heavy atom. The second kappa shape index (κ2) is 7.73. The van der Waals surface area contributed by atoms with E-state index >= 15 is 0 Å². The zero-order chi connectivity index (χ0) is 20.3. The Morgan fingerprint density at radius 3 is 2.18 bits per heavy atom. The van der Waals surface area contributed by atoms with Crippen LogP contribution in [0.1, 0.15) is 10.4 Å². The summed E-state index contributed by atoms with van der Waals surface area (Å²) in [7, 11) is -2.57. The summed E-state index contributed by atoms with van der Waals surface area (Å²) in [5, 5.41) is 0.